The molecule has 0 amide bonds. The maximum Gasteiger partial charge on any atom is 0.216 e. The SMILES string of the molecule is S=c1[nH]nc(-c2ccccc2)n1/N=C/c1ccc(N2CCCCC2)s1. The molecule has 25 heavy (non-hydrogen) atoms. The molecule has 1 aromatic carbocycles. The summed E-state index contributed by atoms with van der Waals surface area (Å²) >= 11 is 7.09. The number of nitrogens with one attached hydrogen (secondary N) is 1. The summed E-state index contributed by atoms with van der Waals surface area (Å²) < 4.78 is 2.16. The lowest BCUT2D eigenvalue weighted by molar-refractivity contribution is 0.580. The minimum absolute atomic E-state index is 0.489. The van der Waals surface area contributed by atoms with Crippen LogP contribution in [0, 0.1) is 4.77 Å². The van der Waals surface area contributed by atoms with Gasteiger partial charge in [0.25, 0.3) is 0 Å². The molecular weight excluding hydrogens is 350 g/mol. The van der Waals surface area contributed by atoms with Crippen LogP contribution in [0.4, 0.5) is 5.00 Å². The molecule has 0 unspecified atom stereocenters. The first-order valence-corrected chi connectivity index (χ1v) is 9.66. The summed E-state index contributed by atoms with van der Waals surface area (Å²) in [6, 6.07) is 14.2. The average molecular weight is 370 g/mol. The minimum atomic E-state index is 0.489. The predicted molar refractivity (Wildman–Crippen MR) is 106 cm³/mol. The molecule has 7 heteroatoms. The van der Waals surface area contributed by atoms with Crippen molar-refractivity contribution in [3.05, 3.63) is 52.1 Å². The zero-order valence-corrected chi connectivity index (χ0v) is 15.4. The summed E-state index contributed by atoms with van der Waals surface area (Å²) in [6.07, 6.45) is 5.77. The summed E-state index contributed by atoms with van der Waals surface area (Å²) in [4.78, 5) is 3.58. The van der Waals surface area contributed by atoms with E-state index in [1.165, 1.54) is 24.3 Å². The zero-order valence-electron chi connectivity index (χ0n) is 13.8. The second-order valence-corrected chi connectivity index (χ2v) is 7.48. The van der Waals surface area contributed by atoms with Crippen LogP contribution in [0.15, 0.2) is 47.6 Å². The highest BCUT2D eigenvalue weighted by Crippen LogP contribution is 2.27. The van der Waals surface area contributed by atoms with Gasteiger partial charge in [0, 0.05) is 23.5 Å². The molecule has 3 heterocycles. The first kappa shape index (κ1) is 16.2. The van der Waals surface area contributed by atoms with Crippen LogP contribution < -0.4 is 4.90 Å². The van der Waals surface area contributed by atoms with Crippen LogP contribution in [0.25, 0.3) is 11.4 Å². The highest BCUT2D eigenvalue weighted by Gasteiger charge is 2.12. The molecule has 0 saturated carbocycles. The molecule has 1 saturated heterocycles. The van der Waals surface area contributed by atoms with Gasteiger partial charge in [0.1, 0.15) is 0 Å². The van der Waals surface area contributed by atoms with Gasteiger partial charge in [-0.15, -0.1) is 11.3 Å². The number of piperidine rings is 1. The molecule has 128 valence electrons. The number of rotatable bonds is 4. The molecule has 0 radical (unpaired) electrons. The molecular formula is C18H19N5S2. The van der Waals surface area contributed by atoms with Crippen molar-refractivity contribution in [1.29, 1.82) is 0 Å². The van der Waals surface area contributed by atoms with E-state index in [1.807, 2.05) is 36.5 Å². The number of aromatic amines is 1. The van der Waals surface area contributed by atoms with Gasteiger partial charge >= 0.3 is 0 Å². The Morgan fingerprint density at radius 1 is 1.08 bits per heavy atom. The van der Waals surface area contributed by atoms with Crippen molar-refractivity contribution < 1.29 is 0 Å². The molecule has 0 atom stereocenters. The number of anilines is 1. The molecule has 3 aromatic rings. The van der Waals surface area contributed by atoms with E-state index >= 15 is 0 Å². The summed E-state index contributed by atoms with van der Waals surface area (Å²) in [5, 5.41) is 13.0. The Morgan fingerprint density at radius 3 is 2.68 bits per heavy atom. The third-order valence-electron chi connectivity index (χ3n) is 4.26. The van der Waals surface area contributed by atoms with Crippen molar-refractivity contribution in [2.45, 2.75) is 19.3 Å². The number of benzene rings is 1. The normalized spacial score (nSPS) is 15.1. The lowest BCUT2D eigenvalue weighted by atomic mass is 10.1. The summed E-state index contributed by atoms with van der Waals surface area (Å²) in [5.74, 6) is 0.717. The van der Waals surface area contributed by atoms with Gasteiger partial charge in [-0.2, -0.15) is 14.9 Å². The average Bonchev–Trinajstić information content (AvgIpc) is 3.28. The molecule has 0 aliphatic carbocycles. The van der Waals surface area contributed by atoms with Crippen molar-refractivity contribution in [1.82, 2.24) is 14.9 Å². The van der Waals surface area contributed by atoms with Crippen molar-refractivity contribution in [2.24, 2.45) is 5.10 Å². The van der Waals surface area contributed by atoms with E-state index in [2.05, 4.69) is 32.3 Å². The smallest absolute Gasteiger partial charge is 0.216 e. The first-order valence-electron chi connectivity index (χ1n) is 8.43. The van der Waals surface area contributed by atoms with Crippen LogP contribution in [0.2, 0.25) is 0 Å². The van der Waals surface area contributed by atoms with Gasteiger partial charge in [0.05, 0.1) is 11.2 Å². The van der Waals surface area contributed by atoms with Crippen molar-refractivity contribution in [3.63, 3.8) is 0 Å². The number of thiophene rings is 1. The summed E-state index contributed by atoms with van der Waals surface area (Å²) in [5.41, 5.74) is 0.979. The summed E-state index contributed by atoms with van der Waals surface area (Å²) in [7, 11) is 0. The third-order valence-corrected chi connectivity index (χ3v) is 5.61. The Labute approximate surface area is 155 Å². The van der Waals surface area contributed by atoms with Gasteiger partial charge in [-0.25, -0.2) is 5.10 Å². The lowest BCUT2D eigenvalue weighted by Gasteiger charge is -2.27. The number of hydrogen-bond donors (Lipinski definition) is 1. The van der Waals surface area contributed by atoms with E-state index in [0.717, 1.165) is 29.4 Å². The largest absolute Gasteiger partial charge is 0.363 e. The molecule has 1 fully saturated rings. The van der Waals surface area contributed by atoms with Crippen molar-refractivity contribution in [3.8, 4) is 11.4 Å². The van der Waals surface area contributed by atoms with Gasteiger partial charge in [-0.1, -0.05) is 30.3 Å². The fourth-order valence-electron chi connectivity index (χ4n) is 2.98. The standard InChI is InChI=1S/C18H19N5S2/c24-18-21-20-17(14-7-3-1-4-8-14)23(18)19-13-15-9-10-16(25-15)22-11-5-2-6-12-22/h1,3-4,7-10,13H,2,5-6,11-12H2,(H,21,24)/b19-13+. The fraction of sp³-hybridized carbons (Fsp3) is 0.278. The topological polar surface area (TPSA) is 49.2 Å². The van der Waals surface area contributed by atoms with Gasteiger partial charge in [0.2, 0.25) is 4.77 Å². The van der Waals surface area contributed by atoms with Crippen LogP contribution >= 0.6 is 23.6 Å². The van der Waals surface area contributed by atoms with E-state index in [4.69, 9.17) is 12.2 Å². The maximum atomic E-state index is 5.32. The van der Waals surface area contributed by atoms with Gasteiger partial charge in [-0.3, -0.25) is 0 Å². The lowest BCUT2D eigenvalue weighted by Crippen LogP contribution is -2.28. The summed E-state index contributed by atoms with van der Waals surface area (Å²) in [6.45, 7) is 2.31. The van der Waals surface area contributed by atoms with E-state index in [-0.39, 0.29) is 0 Å². The molecule has 1 aliphatic rings. The minimum Gasteiger partial charge on any atom is -0.363 e. The number of H-pyrrole nitrogens is 1. The Kier molecular flexibility index (Phi) is 4.76. The van der Waals surface area contributed by atoms with Crippen LogP contribution in [-0.2, 0) is 0 Å². The predicted octanol–water partition coefficient (Wildman–Crippen LogP) is 4.54. The zero-order chi connectivity index (χ0) is 17.1. The maximum absolute atomic E-state index is 5.32. The highest BCUT2D eigenvalue weighted by molar-refractivity contribution is 7.71. The molecule has 4 rings (SSSR count). The van der Waals surface area contributed by atoms with Crippen LogP contribution in [0.5, 0.6) is 0 Å². The monoisotopic (exact) mass is 369 g/mol. The number of aromatic nitrogens is 3. The van der Waals surface area contributed by atoms with Crippen molar-refractivity contribution >= 4 is 34.8 Å². The van der Waals surface area contributed by atoms with Crippen LogP contribution in [0.3, 0.4) is 0 Å². The van der Waals surface area contributed by atoms with Crippen molar-refractivity contribution in [2.75, 3.05) is 18.0 Å². The Hall–Kier alpha value is -2.25. The Bertz CT molecular complexity index is 916. The van der Waals surface area contributed by atoms with Gasteiger partial charge < -0.3 is 4.90 Å². The fourth-order valence-corrected chi connectivity index (χ4v) is 4.09. The first-order chi connectivity index (χ1) is 12.3. The van der Waals surface area contributed by atoms with Crippen LogP contribution in [-0.4, -0.2) is 34.2 Å². The molecule has 0 spiro atoms. The highest BCUT2D eigenvalue weighted by atomic mass is 32.1. The molecule has 0 bridgehead atoms. The Morgan fingerprint density at radius 2 is 1.88 bits per heavy atom. The molecule has 5 nitrogen and oxygen atoms in total. The molecule has 2 aromatic heterocycles. The molecule has 1 N–H and O–H groups in total. The third kappa shape index (κ3) is 3.57. The quantitative estimate of drug-likeness (QED) is 0.542. The second kappa shape index (κ2) is 7.33. The van der Waals surface area contributed by atoms with Crippen LogP contribution in [0.1, 0.15) is 24.1 Å². The molecule has 1 aliphatic heterocycles. The Balaban J connectivity index is 1.58. The van der Waals surface area contributed by atoms with E-state index in [9.17, 15) is 0 Å². The van der Waals surface area contributed by atoms with Gasteiger partial charge in [-0.05, 0) is 43.6 Å². The van der Waals surface area contributed by atoms with E-state index in [1.54, 1.807) is 16.0 Å². The van der Waals surface area contributed by atoms with E-state index in [0.29, 0.717) is 4.77 Å². The van der Waals surface area contributed by atoms with Gasteiger partial charge in [0.15, 0.2) is 5.82 Å². The van der Waals surface area contributed by atoms with E-state index < -0.39 is 0 Å². The number of hydrogen-bond acceptors (Lipinski definition) is 5. The second-order valence-electron chi connectivity index (χ2n) is 6.00. The number of nitrogens with zero attached hydrogens (tertiary/aromatic N) is 4.